The number of anilines is 2. The molecule has 3 heterocycles. The molecule has 2 saturated heterocycles. The molecule has 9 heteroatoms. The van der Waals surface area contributed by atoms with Crippen LogP contribution < -0.4 is 9.80 Å². The van der Waals surface area contributed by atoms with Crippen molar-refractivity contribution >= 4 is 17.4 Å². The van der Waals surface area contributed by atoms with Gasteiger partial charge in [0, 0.05) is 36.9 Å². The average molecular weight is 395 g/mol. The Morgan fingerprint density at radius 1 is 1.04 bits per heavy atom. The number of benzene rings is 1. The lowest BCUT2D eigenvalue weighted by molar-refractivity contribution is -0.137. The quantitative estimate of drug-likeness (QED) is 0.734. The van der Waals surface area contributed by atoms with E-state index < -0.39 is 11.7 Å². The second kappa shape index (κ2) is 6.73. The summed E-state index contributed by atoms with van der Waals surface area (Å²) in [7, 11) is 0. The molecule has 1 spiro atoms. The number of carbonyl (C=O) groups excluding carboxylic acids is 1. The fraction of sp³-hybridized carbons (Fsp3) is 0.368. The van der Waals surface area contributed by atoms with Gasteiger partial charge >= 0.3 is 6.18 Å². The Bertz CT molecular complexity index is 862. The van der Waals surface area contributed by atoms with Crippen LogP contribution in [0.3, 0.4) is 0 Å². The summed E-state index contributed by atoms with van der Waals surface area (Å²) in [6.45, 7) is 1.66. The Morgan fingerprint density at radius 2 is 1.75 bits per heavy atom. The van der Waals surface area contributed by atoms with Gasteiger partial charge in [-0.25, -0.2) is 9.37 Å². The van der Waals surface area contributed by atoms with Crippen LogP contribution in [0.5, 0.6) is 0 Å². The molecule has 0 bridgehead atoms. The van der Waals surface area contributed by atoms with Crippen LogP contribution in [0.1, 0.15) is 5.56 Å². The lowest BCUT2D eigenvalue weighted by atomic mass is 9.80. The van der Waals surface area contributed by atoms with Gasteiger partial charge in [-0.3, -0.25) is 4.79 Å². The van der Waals surface area contributed by atoms with E-state index in [1.807, 2.05) is 4.90 Å². The summed E-state index contributed by atoms with van der Waals surface area (Å²) in [5.74, 6) is -0.155. The van der Waals surface area contributed by atoms with Crippen molar-refractivity contribution in [1.82, 2.24) is 4.98 Å². The van der Waals surface area contributed by atoms with E-state index in [0.717, 1.165) is 12.3 Å². The Hall–Kier alpha value is -2.68. The van der Waals surface area contributed by atoms with E-state index in [9.17, 15) is 22.4 Å². The number of amides is 1. The van der Waals surface area contributed by atoms with Gasteiger partial charge in [0.15, 0.2) is 0 Å². The van der Waals surface area contributed by atoms with Gasteiger partial charge in [-0.05, 0) is 36.4 Å². The zero-order valence-electron chi connectivity index (χ0n) is 14.7. The van der Waals surface area contributed by atoms with Crippen LogP contribution in [0.25, 0.3) is 0 Å². The summed E-state index contributed by atoms with van der Waals surface area (Å²) in [5, 5.41) is 0. The first-order valence-electron chi connectivity index (χ1n) is 8.68. The van der Waals surface area contributed by atoms with E-state index in [1.54, 1.807) is 17.0 Å². The molecule has 2 aliphatic heterocycles. The number of alkyl halides is 3. The maximum atomic E-state index is 13.2. The molecule has 1 amide bonds. The van der Waals surface area contributed by atoms with Crippen LogP contribution in [0.15, 0.2) is 42.6 Å². The van der Waals surface area contributed by atoms with Gasteiger partial charge in [0.25, 0.3) is 5.91 Å². The monoisotopic (exact) mass is 395 g/mol. The number of hydrogen-bond donors (Lipinski definition) is 0. The number of hydrogen-bond acceptors (Lipinski definition) is 4. The molecule has 0 aliphatic carbocycles. The van der Waals surface area contributed by atoms with Gasteiger partial charge in [0.1, 0.15) is 18.2 Å². The molecule has 1 aromatic heterocycles. The molecule has 2 fully saturated rings. The van der Waals surface area contributed by atoms with Gasteiger partial charge in [0.05, 0.1) is 12.2 Å². The number of ether oxygens (including phenoxy) is 1. The zero-order valence-corrected chi connectivity index (χ0v) is 14.7. The summed E-state index contributed by atoms with van der Waals surface area (Å²) >= 11 is 0. The largest absolute Gasteiger partial charge is 0.417 e. The van der Waals surface area contributed by atoms with E-state index in [-0.39, 0.29) is 23.7 Å². The van der Waals surface area contributed by atoms with E-state index in [1.165, 1.54) is 18.2 Å². The molecule has 148 valence electrons. The molecule has 0 N–H and O–H groups in total. The van der Waals surface area contributed by atoms with Gasteiger partial charge < -0.3 is 14.5 Å². The van der Waals surface area contributed by atoms with Crippen LogP contribution in [0.2, 0.25) is 0 Å². The normalized spacial score (nSPS) is 19.5. The summed E-state index contributed by atoms with van der Waals surface area (Å²) in [5.41, 5.74) is -0.565. The second-order valence-electron chi connectivity index (χ2n) is 7.21. The third kappa shape index (κ3) is 3.54. The smallest absolute Gasteiger partial charge is 0.371 e. The Morgan fingerprint density at radius 3 is 2.36 bits per heavy atom. The third-order valence-electron chi connectivity index (χ3n) is 5.02. The summed E-state index contributed by atoms with van der Waals surface area (Å²) in [6, 6.07) is 8.02. The predicted molar refractivity (Wildman–Crippen MR) is 93.5 cm³/mol. The molecular formula is C19H17F4N3O2. The lowest BCUT2D eigenvalue weighted by Crippen LogP contribution is -2.63. The third-order valence-corrected chi connectivity index (χ3v) is 5.02. The summed E-state index contributed by atoms with van der Waals surface area (Å²) < 4.78 is 56.8. The molecule has 1 aromatic carbocycles. The molecular weight excluding hydrogens is 378 g/mol. The Kier molecular flexibility index (Phi) is 4.49. The fourth-order valence-electron chi connectivity index (χ4n) is 3.62. The van der Waals surface area contributed by atoms with E-state index >= 15 is 0 Å². The number of carbonyl (C=O) groups is 1. The molecule has 2 aliphatic rings. The lowest BCUT2D eigenvalue weighted by Gasteiger charge is -2.51. The predicted octanol–water partition coefficient (Wildman–Crippen LogP) is 3.11. The average Bonchev–Trinajstić information content (AvgIpc) is 2.80. The van der Waals surface area contributed by atoms with Crippen molar-refractivity contribution in [3.63, 3.8) is 0 Å². The number of halogens is 4. The first-order chi connectivity index (χ1) is 13.3. The Labute approximate surface area is 158 Å². The van der Waals surface area contributed by atoms with E-state index in [2.05, 4.69) is 4.98 Å². The standard InChI is InChI=1S/C19H17F4N3O2/c20-14-2-4-15(5-3-14)26-11-18(12-28-8-17(26)27)9-25(10-18)16-6-1-13(7-24-16)19(21,22)23/h1-7H,8-12H2. The van der Waals surface area contributed by atoms with Crippen molar-refractivity contribution in [3.8, 4) is 0 Å². The number of nitrogens with zero attached hydrogens (tertiary/aromatic N) is 3. The van der Waals surface area contributed by atoms with Crippen molar-refractivity contribution in [2.75, 3.05) is 42.6 Å². The highest BCUT2D eigenvalue weighted by atomic mass is 19.4. The fourth-order valence-corrected chi connectivity index (χ4v) is 3.62. The molecule has 0 atom stereocenters. The van der Waals surface area contributed by atoms with Gasteiger partial charge in [-0.2, -0.15) is 13.2 Å². The minimum atomic E-state index is -4.42. The van der Waals surface area contributed by atoms with Gasteiger partial charge in [0.2, 0.25) is 0 Å². The minimum Gasteiger partial charge on any atom is -0.371 e. The maximum absolute atomic E-state index is 13.2. The van der Waals surface area contributed by atoms with Crippen LogP contribution in [-0.4, -0.2) is 43.7 Å². The van der Waals surface area contributed by atoms with Crippen molar-refractivity contribution < 1.29 is 27.1 Å². The van der Waals surface area contributed by atoms with Crippen LogP contribution >= 0.6 is 0 Å². The first-order valence-corrected chi connectivity index (χ1v) is 8.68. The first kappa shape index (κ1) is 18.7. The number of rotatable bonds is 2. The molecule has 0 unspecified atom stereocenters. The summed E-state index contributed by atoms with van der Waals surface area (Å²) in [4.78, 5) is 19.7. The highest BCUT2D eigenvalue weighted by Gasteiger charge is 2.47. The second-order valence-corrected chi connectivity index (χ2v) is 7.21. The van der Waals surface area contributed by atoms with Crippen LogP contribution in [-0.2, 0) is 15.7 Å². The molecule has 2 aromatic rings. The van der Waals surface area contributed by atoms with Crippen molar-refractivity contribution in [1.29, 1.82) is 0 Å². The number of aromatic nitrogens is 1. The minimum absolute atomic E-state index is 0.0718. The highest BCUT2D eigenvalue weighted by Crippen LogP contribution is 2.38. The SMILES string of the molecule is O=C1COCC2(CN(c3ccc(C(F)(F)F)cn3)C2)CN1c1ccc(F)cc1. The van der Waals surface area contributed by atoms with Crippen molar-refractivity contribution in [2.45, 2.75) is 6.18 Å². The number of pyridine rings is 1. The van der Waals surface area contributed by atoms with Gasteiger partial charge in [-0.1, -0.05) is 0 Å². The Balaban J connectivity index is 1.48. The van der Waals surface area contributed by atoms with Crippen LogP contribution in [0.4, 0.5) is 29.1 Å². The topological polar surface area (TPSA) is 45.7 Å². The maximum Gasteiger partial charge on any atom is 0.417 e. The van der Waals surface area contributed by atoms with Crippen molar-refractivity contribution in [3.05, 3.63) is 54.0 Å². The molecule has 5 nitrogen and oxygen atoms in total. The van der Waals surface area contributed by atoms with Crippen LogP contribution in [0, 0.1) is 11.2 Å². The highest BCUT2D eigenvalue weighted by molar-refractivity contribution is 5.94. The van der Waals surface area contributed by atoms with Crippen molar-refractivity contribution in [2.24, 2.45) is 5.41 Å². The molecule has 4 rings (SSSR count). The molecule has 0 saturated carbocycles. The van der Waals surface area contributed by atoms with E-state index in [4.69, 9.17) is 4.74 Å². The molecule has 0 radical (unpaired) electrons. The molecule has 28 heavy (non-hydrogen) atoms. The van der Waals surface area contributed by atoms with E-state index in [0.29, 0.717) is 37.7 Å². The van der Waals surface area contributed by atoms with Gasteiger partial charge in [-0.15, -0.1) is 0 Å². The zero-order chi connectivity index (χ0) is 19.9. The summed E-state index contributed by atoms with van der Waals surface area (Å²) in [6.07, 6.45) is -3.61.